The van der Waals surface area contributed by atoms with Crippen LogP contribution in [-0.4, -0.2) is 17.7 Å². The monoisotopic (exact) mass is 307 g/mol. The molecule has 1 heterocycles. The van der Waals surface area contributed by atoms with Crippen LogP contribution in [0.25, 0.3) is 0 Å². The number of carbonyl (C=O) groups excluding carboxylic acids is 2. The topological polar surface area (TPSA) is 46.2 Å². The Labute approximate surface area is 131 Å². The van der Waals surface area contributed by atoms with Crippen LogP contribution in [0.5, 0.6) is 0 Å². The van der Waals surface area contributed by atoms with Crippen LogP contribution in [0.1, 0.15) is 68.0 Å². The lowest BCUT2D eigenvalue weighted by molar-refractivity contribution is -0.122. The van der Waals surface area contributed by atoms with E-state index < -0.39 is 0 Å². The van der Waals surface area contributed by atoms with Crippen LogP contribution >= 0.6 is 11.3 Å². The predicted octanol–water partition coefficient (Wildman–Crippen LogP) is 4.19. The van der Waals surface area contributed by atoms with Crippen molar-refractivity contribution in [1.82, 2.24) is 5.32 Å². The Bertz CT molecular complexity index is 455. The maximum absolute atomic E-state index is 12.0. The molecule has 2 atom stereocenters. The summed E-state index contributed by atoms with van der Waals surface area (Å²) in [5, 5.41) is 5.04. The van der Waals surface area contributed by atoms with E-state index in [4.69, 9.17) is 0 Å². The summed E-state index contributed by atoms with van der Waals surface area (Å²) in [6.07, 6.45) is 7.86. The molecule has 4 heteroatoms. The quantitative estimate of drug-likeness (QED) is 0.732. The van der Waals surface area contributed by atoms with Crippen molar-refractivity contribution in [2.75, 3.05) is 0 Å². The predicted molar refractivity (Wildman–Crippen MR) is 86.7 cm³/mol. The number of unbranched alkanes of at least 4 members (excludes halogenated alkanes) is 1. The molecule has 1 fully saturated rings. The summed E-state index contributed by atoms with van der Waals surface area (Å²) in [6.45, 7) is 2.21. The number of hydrogen-bond acceptors (Lipinski definition) is 3. The number of carbonyl (C=O) groups is 2. The van der Waals surface area contributed by atoms with E-state index in [0.717, 1.165) is 11.3 Å². The first-order chi connectivity index (χ1) is 10.2. The van der Waals surface area contributed by atoms with Crippen molar-refractivity contribution in [3.05, 3.63) is 22.4 Å². The molecule has 0 aromatic carbocycles. The minimum Gasteiger partial charge on any atom is -0.353 e. The Kier molecular flexibility index (Phi) is 6.43. The van der Waals surface area contributed by atoms with E-state index in [1.54, 1.807) is 0 Å². The van der Waals surface area contributed by atoms with Crippen LogP contribution < -0.4 is 5.32 Å². The Morgan fingerprint density at radius 1 is 1.33 bits per heavy atom. The average molecular weight is 307 g/mol. The van der Waals surface area contributed by atoms with E-state index in [9.17, 15) is 9.59 Å². The molecule has 0 spiro atoms. The number of amides is 1. The molecule has 1 aromatic heterocycles. The normalized spacial score (nSPS) is 21.4. The van der Waals surface area contributed by atoms with Crippen LogP contribution in [0.4, 0.5) is 0 Å². The molecule has 1 aromatic rings. The molecule has 3 nitrogen and oxygen atoms in total. The van der Waals surface area contributed by atoms with Gasteiger partial charge in [-0.15, -0.1) is 11.3 Å². The lowest BCUT2D eigenvalue weighted by atomic mass is 9.96. The second kappa shape index (κ2) is 8.32. The first-order valence-electron chi connectivity index (χ1n) is 8.06. The largest absolute Gasteiger partial charge is 0.353 e. The molecular weight excluding hydrogens is 282 g/mol. The third-order valence-electron chi connectivity index (χ3n) is 4.31. The van der Waals surface area contributed by atoms with Gasteiger partial charge in [0.05, 0.1) is 4.88 Å². The molecule has 1 N–H and O–H groups in total. The number of ketones is 1. The van der Waals surface area contributed by atoms with E-state index in [2.05, 4.69) is 12.2 Å². The zero-order valence-corrected chi connectivity index (χ0v) is 13.6. The SMILES string of the molecule is CCCCC1CCCC1NC(=O)CCC(=O)c1cccs1. The first-order valence-corrected chi connectivity index (χ1v) is 8.94. The van der Waals surface area contributed by atoms with Gasteiger partial charge in [-0.2, -0.15) is 0 Å². The van der Waals surface area contributed by atoms with Crippen molar-refractivity contribution in [2.24, 2.45) is 5.92 Å². The van der Waals surface area contributed by atoms with Gasteiger partial charge in [0.15, 0.2) is 5.78 Å². The fourth-order valence-corrected chi connectivity index (χ4v) is 3.80. The minimum atomic E-state index is 0.0355. The maximum atomic E-state index is 12.0. The van der Waals surface area contributed by atoms with Crippen molar-refractivity contribution in [2.45, 2.75) is 64.3 Å². The second-order valence-corrected chi connectivity index (χ2v) is 6.86. The van der Waals surface area contributed by atoms with Crippen molar-refractivity contribution in [1.29, 1.82) is 0 Å². The highest BCUT2D eigenvalue weighted by molar-refractivity contribution is 7.12. The second-order valence-electron chi connectivity index (χ2n) is 5.91. The van der Waals surface area contributed by atoms with Gasteiger partial charge in [-0.05, 0) is 36.6 Å². The van der Waals surface area contributed by atoms with Gasteiger partial charge in [0.25, 0.3) is 0 Å². The van der Waals surface area contributed by atoms with E-state index in [1.165, 1.54) is 43.4 Å². The summed E-state index contributed by atoms with van der Waals surface area (Å²) in [5.41, 5.74) is 0. The van der Waals surface area contributed by atoms with Crippen molar-refractivity contribution < 1.29 is 9.59 Å². The molecule has 2 rings (SSSR count). The number of nitrogens with one attached hydrogen (secondary N) is 1. The van der Waals surface area contributed by atoms with Gasteiger partial charge in [-0.3, -0.25) is 9.59 Å². The van der Waals surface area contributed by atoms with Crippen LogP contribution in [0.3, 0.4) is 0 Å². The first kappa shape index (κ1) is 16.2. The Morgan fingerprint density at radius 3 is 2.90 bits per heavy atom. The zero-order chi connectivity index (χ0) is 15.1. The van der Waals surface area contributed by atoms with Gasteiger partial charge in [-0.25, -0.2) is 0 Å². The molecule has 0 bridgehead atoms. The molecule has 21 heavy (non-hydrogen) atoms. The van der Waals surface area contributed by atoms with E-state index in [1.807, 2.05) is 17.5 Å². The summed E-state index contributed by atoms with van der Waals surface area (Å²) in [7, 11) is 0. The molecular formula is C17H25NO2S. The van der Waals surface area contributed by atoms with Gasteiger partial charge in [0.1, 0.15) is 0 Å². The van der Waals surface area contributed by atoms with Gasteiger partial charge in [0.2, 0.25) is 5.91 Å². The molecule has 0 radical (unpaired) electrons. The Hall–Kier alpha value is -1.16. The van der Waals surface area contributed by atoms with Gasteiger partial charge in [0, 0.05) is 18.9 Å². The van der Waals surface area contributed by atoms with E-state index in [0.29, 0.717) is 24.8 Å². The summed E-state index contributed by atoms with van der Waals surface area (Å²) < 4.78 is 0. The van der Waals surface area contributed by atoms with Gasteiger partial charge < -0.3 is 5.32 Å². The van der Waals surface area contributed by atoms with Gasteiger partial charge >= 0.3 is 0 Å². The molecule has 2 unspecified atom stereocenters. The Balaban J connectivity index is 1.72. The number of Topliss-reactive ketones (excluding diaryl/α,β-unsaturated/α-hetero) is 1. The summed E-state index contributed by atoms with van der Waals surface area (Å²) in [4.78, 5) is 24.7. The van der Waals surface area contributed by atoms with Crippen LogP contribution in [0, 0.1) is 5.92 Å². The summed E-state index contributed by atoms with van der Waals surface area (Å²) in [6, 6.07) is 4.03. The standard InChI is InChI=1S/C17H25NO2S/c1-2-3-6-13-7-4-8-14(13)18-17(20)11-10-15(19)16-9-5-12-21-16/h5,9,12-14H,2-4,6-8,10-11H2,1H3,(H,18,20). The third kappa shape index (κ3) is 4.95. The minimum absolute atomic E-state index is 0.0355. The number of rotatable bonds is 8. The number of thiophene rings is 1. The highest BCUT2D eigenvalue weighted by Crippen LogP contribution is 2.30. The lowest BCUT2D eigenvalue weighted by Crippen LogP contribution is -2.37. The lowest BCUT2D eigenvalue weighted by Gasteiger charge is -2.20. The Morgan fingerprint density at radius 2 is 2.19 bits per heavy atom. The maximum Gasteiger partial charge on any atom is 0.220 e. The van der Waals surface area contributed by atoms with Crippen LogP contribution in [0.2, 0.25) is 0 Å². The fourth-order valence-electron chi connectivity index (χ4n) is 3.11. The highest BCUT2D eigenvalue weighted by Gasteiger charge is 2.27. The smallest absolute Gasteiger partial charge is 0.220 e. The van der Waals surface area contributed by atoms with Crippen molar-refractivity contribution in [3.8, 4) is 0 Å². The average Bonchev–Trinajstić information content (AvgIpc) is 3.14. The molecule has 0 saturated heterocycles. The molecule has 0 aliphatic heterocycles. The van der Waals surface area contributed by atoms with Crippen LogP contribution in [-0.2, 0) is 4.79 Å². The molecule has 1 saturated carbocycles. The van der Waals surface area contributed by atoms with Gasteiger partial charge in [-0.1, -0.05) is 32.3 Å². The molecule has 116 valence electrons. The van der Waals surface area contributed by atoms with Crippen molar-refractivity contribution >= 4 is 23.0 Å². The third-order valence-corrected chi connectivity index (χ3v) is 5.22. The summed E-state index contributed by atoms with van der Waals surface area (Å²) in [5.74, 6) is 0.754. The zero-order valence-electron chi connectivity index (χ0n) is 12.8. The van der Waals surface area contributed by atoms with E-state index in [-0.39, 0.29) is 11.7 Å². The molecule has 1 aliphatic rings. The van der Waals surface area contributed by atoms with Crippen LogP contribution in [0.15, 0.2) is 17.5 Å². The van der Waals surface area contributed by atoms with Crippen molar-refractivity contribution in [3.63, 3.8) is 0 Å². The number of hydrogen-bond donors (Lipinski definition) is 1. The molecule has 1 amide bonds. The summed E-state index contributed by atoms with van der Waals surface area (Å²) >= 11 is 1.44. The highest BCUT2D eigenvalue weighted by atomic mass is 32.1. The fraction of sp³-hybridized carbons (Fsp3) is 0.647. The van der Waals surface area contributed by atoms with E-state index >= 15 is 0 Å². The molecule has 1 aliphatic carbocycles.